The van der Waals surface area contributed by atoms with Gasteiger partial charge in [0.25, 0.3) is 23.6 Å². The predicted octanol–water partition coefficient (Wildman–Crippen LogP) is 4.02. The highest BCUT2D eigenvalue weighted by atomic mass is 16.7. The average molecular weight is 624 g/mol. The molecule has 0 aliphatic carbocycles. The van der Waals surface area contributed by atoms with Crippen molar-refractivity contribution in [3.63, 3.8) is 0 Å². The van der Waals surface area contributed by atoms with Crippen molar-refractivity contribution in [1.29, 1.82) is 0 Å². The number of ether oxygens (including phenoxy) is 2. The van der Waals surface area contributed by atoms with Gasteiger partial charge < -0.3 is 39.9 Å². The van der Waals surface area contributed by atoms with E-state index in [2.05, 4.69) is 26.3 Å². The van der Waals surface area contributed by atoms with E-state index in [0.29, 0.717) is 34.0 Å². The van der Waals surface area contributed by atoms with Crippen molar-refractivity contribution in [3.8, 4) is 0 Å². The maximum atomic E-state index is 13.0. The molecule has 13 heteroatoms. The molecule has 0 saturated carbocycles. The maximum absolute atomic E-state index is 13.0. The van der Waals surface area contributed by atoms with E-state index in [1.807, 2.05) is 24.3 Å². The van der Waals surface area contributed by atoms with Gasteiger partial charge in [-0.15, -0.1) is 0 Å². The van der Waals surface area contributed by atoms with Gasteiger partial charge in [-0.1, -0.05) is 24.3 Å². The van der Waals surface area contributed by atoms with E-state index in [9.17, 15) is 19.2 Å². The number of rotatable bonds is 11. The summed E-state index contributed by atoms with van der Waals surface area (Å²) in [5.74, 6) is -1.54. The number of fused-ring (bicyclic) bond motifs is 1. The third-order valence-corrected chi connectivity index (χ3v) is 7.21. The largest absolute Gasteiger partial charge is 0.354 e. The van der Waals surface area contributed by atoms with Crippen LogP contribution in [-0.4, -0.2) is 64.8 Å². The maximum Gasteiger partial charge on any atom is 0.274 e. The molecule has 5 rings (SSSR count). The summed E-state index contributed by atoms with van der Waals surface area (Å²) in [7, 11) is 6.34. The number of hydrogen-bond acceptors (Lipinski definition) is 7. The van der Waals surface area contributed by atoms with Crippen molar-refractivity contribution in [2.75, 3.05) is 36.7 Å². The first-order chi connectivity index (χ1) is 22.1. The van der Waals surface area contributed by atoms with Gasteiger partial charge in [0.2, 0.25) is 0 Å². The van der Waals surface area contributed by atoms with Crippen molar-refractivity contribution in [2.45, 2.75) is 6.29 Å². The fourth-order valence-corrected chi connectivity index (χ4v) is 4.75. The lowest BCUT2D eigenvalue weighted by Gasteiger charge is -2.14. The number of nitrogens with one attached hydrogen (secondary N) is 4. The van der Waals surface area contributed by atoms with Crippen LogP contribution < -0.4 is 21.3 Å². The number of pyridine rings is 1. The lowest BCUT2D eigenvalue weighted by molar-refractivity contribution is -0.0974. The van der Waals surface area contributed by atoms with Gasteiger partial charge >= 0.3 is 0 Å². The summed E-state index contributed by atoms with van der Waals surface area (Å²) >= 11 is 0. The molecule has 5 aromatic rings. The van der Waals surface area contributed by atoms with E-state index < -0.39 is 24.0 Å². The highest BCUT2D eigenvalue weighted by Gasteiger charge is 2.18. The van der Waals surface area contributed by atoms with Crippen LogP contribution in [0.5, 0.6) is 0 Å². The van der Waals surface area contributed by atoms with Crippen LogP contribution in [0, 0.1) is 0 Å². The highest BCUT2D eigenvalue weighted by Crippen LogP contribution is 2.19. The van der Waals surface area contributed by atoms with Crippen molar-refractivity contribution >= 4 is 51.5 Å². The molecule has 0 spiro atoms. The fraction of sp³-hybridized carbons (Fsp3) is 0.182. The normalized spacial score (nSPS) is 11.0. The summed E-state index contributed by atoms with van der Waals surface area (Å²) in [6.45, 7) is 0.160. The average Bonchev–Trinajstić information content (AvgIpc) is 3.62. The Kier molecular flexibility index (Phi) is 9.55. The second-order valence-electron chi connectivity index (χ2n) is 10.4. The number of amides is 4. The Morgan fingerprint density at radius 2 is 1.26 bits per heavy atom. The summed E-state index contributed by atoms with van der Waals surface area (Å²) in [4.78, 5) is 55.5. The molecule has 0 aliphatic rings. The van der Waals surface area contributed by atoms with E-state index in [0.717, 1.165) is 10.8 Å². The minimum atomic E-state index is -0.576. The topological polar surface area (TPSA) is 158 Å². The highest BCUT2D eigenvalue weighted by molar-refractivity contribution is 6.08. The van der Waals surface area contributed by atoms with Crippen LogP contribution in [0.3, 0.4) is 0 Å². The quantitative estimate of drug-likeness (QED) is 0.162. The van der Waals surface area contributed by atoms with Gasteiger partial charge in [-0.05, 0) is 47.9 Å². The SMILES string of the molecule is COC(CNC(=O)c1cc(NC(=O)c2ccc(NC(=O)c3cc(NC(=O)c4cc5ccccc5cn4)cn3C)cc2)cn1C)OC. The smallest absolute Gasteiger partial charge is 0.274 e. The Bertz CT molecular complexity index is 1910. The third kappa shape index (κ3) is 7.29. The molecule has 0 radical (unpaired) electrons. The van der Waals surface area contributed by atoms with Gasteiger partial charge in [-0.25, -0.2) is 0 Å². The summed E-state index contributed by atoms with van der Waals surface area (Å²) in [5.41, 5.74) is 2.61. The fourth-order valence-electron chi connectivity index (χ4n) is 4.75. The Morgan fingerprint density at radius 3 is 1.89 bits per heavy atom. The van der Waals surface area contributed by atoms with Crippen LogP contribution in [0.1, 0.15) is 41.8 Å². The van der Waals surface area contributed by atoms with Crippen LogP contribution in [-0.2, 0) is 23.6 Å². The molecule has 0 atom stereocenters. The van der Waals surface area contributed by atoms with E-state index in [-0.39, 0.29) is 18.1 Å². The van der Waals surface area contributed by atoms with Crippen LogP contribution in [0.25, 0.3) is 10.8 Å². The number of carbonyl (C=O) groups excluding carboxylic acids is 4. The first kappa shape index (κ1) is 31.6. The molecule has 2 aromatic carbocycles. The molecule has 236 valence electrons. The van der Waals surface area contributed by atoms with Gasteiger partial charge in [0.05, 0.1) is 17.9 Å². The number of anilines is 3. The summed E-state index contributed by atoms with van der Waals surface area (Å²) in [6, 6.07) is 18.8. The van der Waals surface area contributed by atoms with E-state index in [4.69, 9.17) is 9.47 Å². The molecule has 0 saturated heterocycles. The van der Waals surface area contributed by atoms with E-state index in [1.54, 1.807) is 84.3 Å². The molecule has 4 amide bonds. The Hall–Kier alpha value is -5.79. The van der Waals surface area contributed by atoms with Crippen molar-refractivity contribution in [3.05, 3.63) is 108 Å². The van der Waals surface area contributed by atoms with Crippen LogP contribution in [0.15, 0.2) is 85.3 Å². The Morgan fingerprint density at radius 1 is 0.696 bits per heavy atom. The number of methoxy groups -OCH3 is 2. The van der Waals surface area contributed by atoms with Gasteiger partial charge in [0, 0.05) is 63.5 Å². The van der Waals surface area contributed by atoms with E-state index >= 15 is 0 Å². The molecule has 0 aliphatic heterocycles. The molecule has 4 N–H and O–H groups in total. The first-order valence-electron chi connectivity index (χ1n) is 14.2. The van der Waals surface area contributed by atoms with Gasteiger partial charge in [-0.3, -0.25) is 24.2 Å². The zero-order valence-electron chi connectivity index (χ0n) is 25.7. The number of aromatic nitrogens is 3. The molecule has 0 fully saturated rings. The molecule has 3 aromatic heterocycles. The number of hydrogen-bond donors (Lipinski definition) is 4. The molecule has 13 nitrogen and oxygen atoms in total. The molecular formula is C33H33N7O6. The van der Waals surface area contributed by atoms with Crippen molar-refractivity contribution in [2.24, 2.45) is 14.1 Å². The molecule has 0 unspecified atom stereocenters. The third-order valence-electron chi connectivity index (χ3n) is 7.21. The van der Waals surface area contributed by atoms with E-state index in [1.165, 1.54) is 14.2 Å². The lowest BCUT2D eigenvalue weighted by atomic mass is 10.1. The molecular weight excluding hydrogens is 590 g/mol. The van der Waals surface area contributed by atoms with Crippen LogP contribution in [0.2, 0.25) is 0 Å². The Balaban J connectivity index is 1.17. The molecule has 46 heavy (non-hydrogen) atoms. The molecule has 3 heterocycles. The summed E-state index contributed by atoms with van der Waals surface area (Å²) < 4.78 is 13.3. The zero-order valence-corrected chi connectivity index (χ0v) is 25.7. The van der Waals surface area contributed by atoms with Crippen LogP contribution in [0.4, 0.5) is 17.1 Å². The van der Waals surface area contributed by atoms with Crippen molar-refractivity contribution in [1.82, 2.24) is 19.4 Å². The first-order valence-corrected chi connectivity index (χ1v) is 14.2. The summed E-state index contributed by atoms with van der Waals surface area (Å²) in [6.07, 6.45) is 4.33. The summed E-state index contributed by atoms with van der Waals surface area (Å²) in [5, 5.41) is 12.9. The molecule has 0 bridgehead atoms. The zero-order chi connectivity index (χ0) is 32.8. The number of aryl methyl sites for hydroxylation is 2. The number of carbonyl (C=O) groups is 4. The van der Waals surface area contributed by atoms with Crippen molar-refractivity contribution < 1.29 is 28.7 Å². The second kappa shape index (κ2) is 13.9. The lowest BCUT2D eigenvalue weighted by Crippen LogP contribution is -2.34. The minimum Gasteiger partial charge on any atom is -0.354 e. The predicted molar refractivity (Wildman–Crippen MR) is 173 cm³/mol. The van der Waals surface area contributed by atoms with Gasteiger partial charge in [-0.2, -0.15) is 0 Å². The standard InChI is InChI=1S/C33H33N7O6/c1-39-18-24(14-27(39)32(43)35-17-29(45-3)46-4)37-30(41)20-9-11-23(12-10-20)36-33(44)28-15-25(19-40(28)2)38-31(42)26-13-21-7-5-6-8-22(21)16-34-26/h5-16,18-19,29H,17H2,1-4H3,(H,35,43)(H,36,44)(H,37,41)(H,38,42). The van der Waals surface area contributed by atoms with Gasteiger partial charge in [0.15, 0.2) is 6.29 Å². The number of benzene rings is 2. The Labute approximate surface area is 264 Å². The van der Waals surface area contributed by atoms with Crippen LogP contribution >= 0.6 is 0 Å². The monoisotopic (exact) mass is 623 g/mol. The van der Waals surface area contributed by atoms with Gasteiger partial charge in [0.1, 0.15) is 17.1 Å². The second-order valence-corrected chi connectivity index (χ2v) is 10.4. The number of nitrogens with zero attached hydrogens (tertiary/aromatic N) is 3. The minimum absolute atomic E-state index is 0.160.